The Balaban J connectivity index is 1.08. The van der Waals surface area contributed by atoms with Crippen molar-refractivity contribution in [2.75, 3.05) is 19.8 Å². The van der Waals surface area contributed by atoms with E-state index in [1.807, 2.05) is 0 Å². The van der Waals surface area contributed by atoms with E-state index in [0.717, 1.165) is 55.0 Å². The van der Waals surface area contributed by atoms with Crippen LogP contribution in [0.1, 0.15) is 202 Å². The minimum atomic E-state index is 0.0326. The van der Waals surface area contributed by atoms with Crippen LogP contribution >= 0.6 is 0 Å². The van der Waals surface area contributed by atoms with Gasteiger partial charge in [-0.25, -0.2) is 0 Å². The van der Waals surface area contributed by atoms with E-state index in [2.05, 4.69) is 59.8 Å². The van der Waals surface area contributed by atoms with Gasteiger partial charge in [-0.2, -0.15) is 0 Å². The third kappa shape index (κ3) is 12.7. The fraction of sp³-hybridized carbons (Fsp3) is 0.917. The molecule has 3 saturated carbocycles. The molecule has 3 fully saturated rings. The highest BCUT2D eigenvalue weighted by atomic mass is 16.5. The van der Waals surface area contributed by atoms with Crippen molar-refractivity contribution in [2.45, 2.75) is 214 Å². The molecule has 9 atom stereocenters. The molecule has 0 amide bonds. The number of rotatable bonds is 26. The molecule has 0 aromatic carbocycles. The van der Waals surface area contributed by atoms with Gasteiger partial charge >= 0.3 is 0 Å². The second-order valence-electron chi connectivity index (χ2n) is 19.2. The minimum absolute atomic E-state index is 0.0326. The summed E-state index contributed by atoms with van der Waals surface area (Å²) in [6.45, 7) is 17.1. The van der Waals surface area contributed by atoms with Gasteiger partial charge in [0.15, 0.2) is 0 Å². The Kier molecular flexibility index (Phi) is 19.2. The number of unbranched alkanes of at least 4 members (excludes halogenated alkanes) is 12. The van der Waals surface area contributed by atoms with E-state index in [1.165, 1.54) is 148 Å². The summed E-state index contributed by atoms with van der Waals surface area (Å²) in [7, 11) is 0. The van der Waals surface area contributed by atoms with Crippen molar-refractivity contribution in [3.05, 3.63) is 23.8 Å². The Hall–Kier alpha value is -0.640. The summed E-state index contributed by atoms with van der Waals surface area (Å²) in [6.07, 6.45) is 41.7. The molecule has 4 aliphatic rings. The van der Waals surface area contributed by atoms with Crippen LogP contribution in [0, 0.1) is 46.3 Å². The molecule has 4 rings (SSSR count). The normalized spacial score (nSPS) is 31.8. The van der Waals surface area contributed by atoms with E-state index < -0.39 is 0 Å². The first kappa shape index (κ1) is 43.1. The van der Waals surface area contributed by atoms with E-state index in [1.54, 1.807) is 5.57 Å². The third-order valence-electron chi connectivity index (χ3n) is 15.1. The number of nitrogens with two attached hydrogens (primary N) is 1. The molecular weight excluding hydrogens is 623 g/mol. The average molecular weight is 710 g/mol. The quantitative estimate of drug-likeness (QED) is 0.0718. The predicted octanol–water partition coefficient (Wildman–Crippen LogP) is 13.8. The number of ether oxygens (including phenoxy) is 2. The summed E-state index contributed by atoms with van der Waals surface area (Å²) in [5.74, 6) is 5.39. The molecule has 2 N–H and O–H groups in total. The summed E-state index contributed by atoms with van der Waals surface area (Å²) in [5, 5.41) is 0. The molecule has 0 heterocycles. The fourth-order valence-electron chi connectivity index (χ4n) is 11.8. The smallest absolute Gasteiger partial charge is 0.0930 e. The summed E-state index contributed by atoms with van der Waals surface area (Å²) in [6, 6.07) is 0. The minimum Gasteiger partial charge on any atom is -0.375 e. The van der Waals surface area contributed by atoms with Crippen LogP contribution in [-0.2, 0) is 9.47 Å². The maximum absolute atomic E-state index is 6.57. The van der Waals surface area contributed by atoms with Gasteiger partial charge in [-0.05, 0) is 130 Å². The van der Waals surface area contributed by atoms with E-state index in [9.17, 15) is 0 Å². The monoisotopic (exact) mass is 710 g/mol. The molecule has 0 spiro atoms. The molecular formula is C48H87NO2. The Morgan fingerprint density at radius 2 is 1.47 bits per heavy atom. The Morgan fingerprint density at radius 1 is 0.784 bits per heavy atom. The van der Waals surface area contributed by atoms with Gasteiger partial charge in [0.1, 0.15) is 0 Å². The zero-order chi connectivity index (χ0) is 36.5. The van der Waals surface area contributed by atoms with E-state index >= 15 is 0 Å². The van der Waals surface area contributed by atoms with Crippen molar-refractivity contribution in [2.24, 2.45) is 52.1 Å². The first-order valence-electron chi connectivity index (χ1n) is 23.0. The maximum atomic E-state index is 6.57. The molecule has 0 radical (unpaired) electrons. The van der Waals surface area contributed by atoms with Gasteiger partial charge < -0.3 is 15.2 Å². The zero-order valence-corrected chi connectivity index (χ0v) is 35.0. The van der Waals surface area contributed by atoms with Crippen molar-refractivity contribution < 1.29 is 9.47 Å². The molecule has 51 heavy (non-hydrogen) atoms. The Morgan fingerprint density at radius 3 is 2.16 bits per heavy atom. The van der Waals surface area contributed by atoms with Gasteiger partial charge in [0.25, 0.3) is 0 Å². The summed E-state index contributed by atoms with van der Waals surface area (Å²) in [4.78, 5) is 0. The highest BCUT2D eigenvalue weighted by molar-refractivity contribution is 5.25. The molecule has 3 heteroatoms. The second-order valence-corrected chi connectivity index (χ2v) is 19.2. The lowest BCUT2D eigenvalue weighted by Gasteiger charge is -2.58. The highest BCUT2D eigenvalue weighted by Crippen LogP contribution is 2.67. The van der Waals surface area contributed by atoms with Crippen molar-refractivity contribution >= 4 is 0 Å². The summed E-state index contributed by atoms with van der Waals surface area (Å²) >= 11 is 0. The topological polar surface area (TPSA) is 44.5 Å². The molecule has 1 unspecified atom stereocenters. The highest BCUT2D eigenvalue weighted by Gasteiger charge is 2.59. The standard InChI is InChI=1S/C48H87NO2/c1-7-8-9-10-11-12-13-14-15-16-17-18-19-20-21-22-34-50-42(36-49)37-51-41-30-32-47(5)40(35-41)26-27-43-45-29-28-44(39(4)25-23-24-38(2)3)48(45,6)33-31-46(43)47/h14-15,26,38-39,41-46H,7-13,16-25,27-37,49H2,1-6H3/b15-14-/t39-,41+,42?,43+,44-,45+,46+,47+,48-/m1/s1. The van der Waals surface area contributed by atoms with Crippen LogP contribution in [0.2, 0.25) is 0 Å². The van der Waals surface area contributed by atoms with Gasteiger partial charge in [-0.1, -0.05) is 142 Å². The lowest BCUT2D eigenvalue weighted by molar-refractivity contribution is -0.0777. The van der Waals surface area contributed by atoms with Gasteiger partial charge in [-0.15, -0.1) is 0 Å². The zero-order valence-electron chi connectivity index (χ0n) is 35.0. The van der Waals surface area contributed by atoms with Crippen LogP contribution in [0.4, 0.5) is 0 Å². The molecule has 0 aliphatic heterocycles. The van der Waals surface area contributed by atoms with Crippen LogP contribution in [0.3, 0.4) is 0 Å². The van der Waals surface area contributed by atoms with Gasteiger partial charge in [0.05, 0.1) is 18.8 Å². The summed E-state index contributed by atoms with van der Waals surface area (Å²) in [5.41, 5.74) is 8.85. The fourth-order valence-corrected chi connectivity index (χ4v) is 11.8. The maximum Gasteiger partial charge on any atom is 0.0930 e. The summed E-state index contributed by atoms with van der Waals surface area (Å²) < 4.78 is 12.8. The molecule has 4 aliphatic carbocycles. The van der Waals surface area contributed by atoms with Gasteiger partial charge in [0, 0.05) is 13.2 Å². The van der Waals surface area contributed by atoms with Crippen LogP contribution in [-0.4, -0.2) is 32.0 Å². The molecule has 0 aromatic heterocycles. The Bertz CT molecular complexity index is 1000. The van der Waals surface area contributed by atoms with E-state index in [4.69, 9.17) is 15.2 Å². The SMILES string of the molecule is CCCCCCCC/C=C\CCCCCCCCOC(CN)CO[C@H]1CC[C@@]2(C)C(=CC[C@H]3[C@@H]4CC[C@H]([C@H](C)CCCC(C)C)[C@@]4(C)CC[C@@H]32)C1. The lowest BCUT2D eigenvalue weighted by atomic mass is 9.47. The van der Waals surface area contributed by atoms with Crippen LogP contribution in [0.5, 0.6) is 0 Å². The van der Waals surface area contributed by atoms with Crippen LogP contribution in [0.25, 0.3) is 0 Å². The molecule has 0 saturated heterocycles. The first-order valence-corrected chi connectivity index (χ1v) is 23.0. The lowest BCUT2D eigenvalue weighted by Crippen LogP contribution is -2.51. The van der Waals surface area contributed by atoms with Crippen molar-refractivity contribution in [3.8, 4) is 0 Å². The van der Waals surface area contributed by atoms with Crippen LogP contribution in [0.15, 0.2) is 23.8 Å². The largest absolute Gasteiger partial charge is 0.375 e. The number of fused-ring (bicyclic) bond motifs is 5. The Labute approximate surface area is 318 Å². The van der Waals surface area contributed by atoms with Crippen LogP contribution < -0.4 is 5.73 Å². The van der Waals surface area contributed by atoms with E-state index in [-0.39, 0.29) is 6.10 Å². The van der Waals surface area contributed by atoms with Crippen molar-refractivity contribution in [3.63, 3.8) is 0 Å². The first-order chi connectivity index (χ1) is 24.7. The molecule has 0 bridgehead atoms. The molecule has 3 nitrogen and oxygen atoms in total. The predicted molar refractivity (Wildman–Crippen MR) is 221 cm³/mol. The average Bonchev–Trinajstić information content (AvgIpc) is 3.48. The number of allylic oxidation sites excluding steroid dienone is 3. The van der Waals surface area contributed by atoms with Gasteiger partial charge in [-0.3, -0.25) is 0 Å². The van der Waals surface area contributed by atoms with Crippen molar-refractivity contribution in [1.82, 2.24) is 0 Å². The van der Waals surface area contributed by atoms with Crippen molar-refractivity contribution in [1.29, 1.82) is 0 Å². The molecule has 296 valence electrons. The van der Waals surface area contributed by atoms with Gasteiger partial charge in [0.2, 0.25) is 0 Å². The number of hydrogen-bond acceptors (Lipinski definition) is 3. The molecule has 0 aromatic rings. The number of hydrogen-bond donors (Lipinski definition) is 1. The van der Waals surface area contributed by atoms with E-state index in [0.29, 0.717) is 30.1 Å². The second kappa shape index (κ2) is 22.7. The third-order valence-corrected chi connectivity index (χ3v) is 15.1.